The Hall–Kier alpha value is -1.18. The molecule has 1 aliphatic heterocycles. The third-order valence-corrected chi connectivity index (χ3v) is 4.11. The van der Waals surface area contributed by atoms with Crippen LogP contribution in [0.25, 0.3) is 11.7 Å². The fourth-order valence-corrected chi connectivity index (χ4v) is 2.55. The second-order valence-electron chi connectivity index (χ2n) is 5.51. The molecule has 108 valence electrons. The molecule has 20 heavy (non-hydrogen) atoms. The predicted molar refractivity (Wildman–Crippen MR) is 74.8 cm³/mol. The molecule has 0 unspecified atom stereocenters. The van der Waals surface area contributed by atoms with Crippen LogP contribution in [0.4, 0.5) is 0 Å². The molecule has 0 atom stereocenters. The zero-order valence-electron chi connectivity index (χ0n) is 11.3. The Kier molecular flexibility index (Phi) is 3.43. The van der Waals surface area contributed by atoms with Gasteiger partial charge in [-0.1, -0.05) is 13.8 Å². The Balaban J connectivity index is 1.62. The maximum Gasteiger partial charge on any atom is 0.283 e. The van der Waals surface area contributed by atoms with Crippen molar-refractivity contribution in [2.75, 3.05) is 13.1 Å². The summed E-state index contributed by atoms with van der Waals surface area (Å²) in [4.78, 5) is 2.08. The van der Waals surface area contributed by atoms with Gasteiger partial charge in [-0.3, -0.25) is 4.90 Å². The fourth-order valence-electron chi connectivity index (χ4n) is 2.24. The van der Waals surface area contributed by atoms with Crippen LogP contribution in [0.5, 0.6) is 0 Å². The lowest BCUT2D eigenvalue weighted by atomic mass is 9.83. The quantitative estimate of drug-likeness (QED) is 0.919. The molecule has 1 N–H and O–H groups in total. The molecule has 0 aromatic carbocycles. The second-order valence-corrected chi connectivity index (χ2v) is 6.29. The Morgan fingerprint density at radius 1 is 1.35 bits per heavy atom. The normalized spacial score (nSPS) is 18.4. The van der Waals surface area contributed by atoms with E-state index in [1.54, 1.807) is 12.1 Å². The Morgan fingerprint density at radius 3 is 2.70 bits per heavy atom. The SMILES string of the molecule is CC(C)C1(O)CN(Cc2nnc(-c3ccc(Br)o3)o2)C1. The van der Waals surface area contributed by atoms with Crippen LogP contribution in [0.15, 0.2) is 25.6 Å². The lowest BCUT2D eigenvalue weighted by molar-refractivity contribution is -0.132. The van der Waals surface area contributed by atoms with E-state index in [4.69, 9.17) is 8.83 Å². The number of rotatable bonds is 4. The molecule has 1 saturated heterocycles. The molecule has 0 saturated carbocycles. The molecule has 1 aliphatic rings. The van der Waals surface area contributed by atoms with E-state index < -0.39 is 5.60 Å². The van der Waals surface area contributed by atoms with Gasteiger partial charge in [0, 0.05) is 13.1 Å². The molecule has 0 spiro atoms. The minimum atomic E-state index is -0.589. The van der Waals surface area contributed by atoms with Crippen LogP contribution in [-0.2, 0) is 6.54 Å². The highest BCUT2D eigenvalue weighted by molar-refractivity contribution is 9.10. The summed E-state index contributed by atoms with van der Waals surface area (Å²) >= 11 is 3.23. The molecule has 2 aromatic heterocycles. The molecule has 2 aromatic rings. The number of hydrogen-bond donors (Lipinski definition) is 1. The highest BCUT2D eigenvalue weighted by Gasteiger charge is 2.43. The summed E-state index contributed by atoms with van der Waals surface area (Å²) in [5.74, 6) is 1.68. The van der Waals surface area contributed by atoms with Gasteiger partial charge in [0.25, 0.3) is 5.89 Å². The molecule has 0 aliphatic carbocycles. The number of furan rings is 1. The summed E-state index contributed by atoms with van der Waals surface area (Å²) < 4.78 is 11.5. The van der Waals surface area contributed by atoms with Crippen LogP contribution in [0.3, 0.4) is 0 Å². The van der Waals surface area contributed by atoms with Crippen LogP contribution in [0.2, 0.25) is 0 Å². The third-order valence-electron chi connectivity index (χ3n) is 3.68. The maximum absolute atomic E-state index is 10.2. The number of aromatic nitrogens is 2. The van der Waals surface area contributed by atoms with Gasteiger partial charge in [-0.2, -0.15) is 0 Å². The van der Waals surface area contributed by atoms with E-state index in [2.05, 4.69) is 31.0 Å². The van der Waals surface area contributed by atoms with Crippen molar-refractivity contribution in [3.8, 4) is 11.7 Å². The van der Waals surface area contributed by atoms with Crippen LogP contribution in [-0.4, -0.2) is 38.9 Å². The predicted octanol–water partition coefficient (Wildman–Crippen LogP) is 2.29. The van der Waals surface area contributed by atoms with Crippen molar-refractivity contribution in [3.63, 3.8) is 0 Å². The van der Waals surface area contributed by atoms with Gasteiger partial charge in [0.1, 0.15) is 0 Å². The Bertz CT molecular complexity index is 602. The fraction of sp³-hybridized carbons (Fsp3) is 0.538. The summed E-state index contributed by atoms with van der Waals surface area (Å²) in [5, 5.41) is 18.2. The zero-order chi connectivity index (χ0) is 14.3. The molecule has 0 radical (unpaired) electrons. The molecule has 7 heteroatoms. The van der Waals surface area contributed by atoms with Crippen molar-refractivity contribution in [2.24, 2.45) is 5.92 Å². The van der Waals surface area contributed by atoms with Crippen molar-refractivity contribution >= 4 is 15.9 Å². The van der Waals surface area contributed by atoms with Crippen LogP contribution in [0, 0.1) is 5.92 Å². The third kappa shape index (κ3) is 2.53. The van der Waals surface area contributed by atoms with E-state index in [0.29, 0.717) is 41.8 Å². The summed E-state index contributed by atoms with van der Waals surface area (Å²) in [6.45, 7) is 5.86. The van der Waals surface area contributed by atoms with Gasteiger partial charge in [-0.15, -0.1) is 10.2 Å². The average Bonchev–Trinajstić information content (AvgIpc) is 2.95. The van der Waals surface area contributed by atoms with Gasteiger partial charge in [0.05, 0.1) is 12.1 Å². The number of likely N-dealkylation sites (tertiary alicyclic amines) is 1. The van der Waals surface area contributed by atoms with E-state index in [9.17, 15) is 5.11 Å². The Labute approximate surface area is 124 Å². The number of β-amino-alcohol motifs (C(OH)–C–C–N with tert-alkyl or cyclic N) is 1. The first-order valence-corrected chi connectivity index (χ1v) is 7.28. The molecule has 3 heterocycles. The van der Waals surface area contributed by atoms with Gasteiger partial charge >= 0.3 is 0 Å². The van der Waals surface area contributed by atoms with Gasteiger partial charge in [-0.25, -0.2) is 0 Å². The number of hydrogen-bond acceptors (Lipinski definition) is 6. The smallest absolute Gasteiger partial charge is 0.283 e. The van der Waals surface area contributed by atoms with Gasteiger partial charge in [0.15, 0.2) is 10.4 Å². The standard InChI is InChI=1S/C13H16BrN3O3/c1-8(2)13(18)6-17(7-13)5-11-15-16-12(20-11)9-3-4-10(14)19-9/h3-4,8,18H,5-7H2,1-2H3. The van der Waals surface area contributed by atoms with Gasteiger partial charge in [0.2, 0.25) is 5.89 Å². The van der Waals surface area contributed by atoms with Gasteiger partial charge in [-0.05, 0) is 34.0 Å². The first-order valence-electron chi connectivity index (χ1n) is 6.49. The number of aliphatic hydroxyl groups is 1. The molecule has 0 amide bonds. The number of nitrogens with zero attached hydrogens (tertiary/aromatic N) is 3. The van der Waals surface area contributed by atoms with E-state index in [1.807, 2.05) is 13.8 Å². The summed E-state index contributed by atoms with van der Waals surface area (Å²) in [6.07, 6.45) is 0. The highest BCUT2D eigenvalue weighted by atomic mass is 79.9. The topological polar surface area (TPSA) is 75.5 Å². The monoisotopic (exact) mass is 341 g/mol. The van der Waals surface area contributed by atoms with Crippen LogP contribution in [0.1, 0.15) is 19.7 Å². The van der Waals surface area contributed by atoms with E-state index in [0.717, 1.165) is 0 Å². The minimum absolute atomic E-state index is 0.248. The lowest BCUT2D eigenvalue weighted by Crippen LogP contribution is -2.63. The first-order chi connectivity index (χ1) is 9.46. The van der Waals surface area contributed by atoms with Crippen LogP contribution >= 0.6 is 15.9 Å². The van der Waals surface area contributed by atoms with Crippen molar-refractivity contribution in [3.05, 3.63) is 22.7 Å². The molecular formula is C13H16BrN3O3. The maximum atomic E-state index is 10.2. The van der Waals surface area contributed by atoms with E-state index in [1.165, 1.54) is 0 Å². The first kappa shape index (κ1) is 13.8. The van der Waals surface area contributed by atoms with Crippen molar-refractivity contribution in [2.45, 2.75) is 26.0 Å². The van der Waals surface area contributed by atoms with E-state index >= 15 is 0 Å². The summed E-state index contributed by atoms with van der Waals surface area (Å²) in [6, 6.07) is 3.54. The zero-order valence-corrected chi connectivity index (χ0v) is 12.9. The molecule has 3 rings (SSSR count). The minimum Gasteiger partial charge on any atom is -0.444 e. The van der Waals surface area contributed by atoms with Crippen molar-refractivity contribution < 1.29 is 13.9 Å². The number of halogens is 1. The summed E-state index contributed by atoms with van der Waals surface area (Å²) in [7, 11) is 0. The highest BCUT2D eigenvalue weighted by Crippen LogP contribution is 2.30. The molecule has 0 bridgehead atoms. The van der Waals surface area contributed by atoms with E-state index in [-0.39, 0.29) is 5.92 Å². The van der Waals surface area contributed by atoms with Crippen molar-refractivity contribution in [1.82, 2.24) is 15.1 Å². The van der Waals surface area contributed by atoms with Gasteiger partial charge < -0.3 is 13.9 Å². The molecule has 6 nitrogen and oxygen atoms in total. The van der Waals surface area contributed by atoms with Crippen molar-refractivity contribution in [1.29, 1.82) is 0 Å². The second kappa shape index (κ2) is 4.98. The molecule has 1 fully saturated rings. The average molecular weight is 342 g/mol. The molecular weight excluding hydrogens is 326 g/mol. The van der Waals surface area contributed by atoms with Crippen LogP contribution < -0.4 is 0 Å². The lowest BCUT2D eigenvalue weighted by Gasteiger charge is -2.48. The largest absolute Gasteiger partial charge is 0.444 e. The Morgan fingerprint density at radius 2 is 2.10 bits per heavy atom. The summed E-state index contributed by atoms with van der Waals surface area (Å²) in [5.41, 5.74) is -0.589.